The summed E-state index contributed by atoms with van der Waals surface area (Å²) in [5.41, 5.74) is -0.860. The summed E-state index contributed by atoms with van der Waals surface area (Å²) in [6, 6.07) is 0. The number of fused-ring (bicyclic) bond motifs is 2. The summed E-state index contributed by atoms with van der Waals surface area (Å²) in [4.78, 5) is 13.5. The van der Waals surface area contributed by atoms with Crippen LogP contribution in [0.3, 0.4) is 0 Å². The second-order valence-corrected chi connectivity index (χ2v) is 12.0. The van der Waals surface area contributed by atoms with Crippen LogP contribution in [0, 0.1) is 34.5 Å². The Morgan fingerprint density at radius 2 is 1.75 bits per heavy atom. The first-order valence-corrected chi connectivity index (χ1v) is 11.2. The molecule has 162 valence electrons. The Hall–Kier alpha value is -0.830. The number of hydrogen-bond acceptors (Lipinski definition) is 3. The molecule has 0 amide bonds. The van der Waals surface area contributed by atoms with Gasteiger partial charge in [-0.3, -0.25) is 4.79 Å². The molecule has 2 aliphatic rings. The second-order valence-electron chi connectivity index (χ2n) is 12.0. The zero-order valence-corrected chi connectivity index (χ0v) is 19.8. The molecule has 0 aromatic carbocycles. The molecule has 2 rings (SSSR count). The molecule has 0 aromatic rings. The van der Waals surface area contributed by atoms with Gasteiger partial charge in [0.05, 0.1) is 11.5 Å². The highest BCUT2D eigenvalue weighted by atomic mass is 16.6. The number of carbonyl (C=O) groups is 1. The Morgan fingerprint density at radius 1 is 1.21 bits per heavy atom. The van der Waals surface area contributed by atoms with Crippen LogP contribution in [0.5, 0.6) is 0 Å². The predicted molar refractivity (Wildman–Crippen MR) is 116 cm³/mol. The molecule has 0 aliphatic heterocycles. The summed E-state index contributed by atoms with van der Waals surface area (Å²) in [5, 5.41) is 11.4. The van der Waals surface area contributed by atoms with Gasteiger partial charge in [0.15, 0.2) is 0 Å². The van der Waals surface area contributed by atoms with Crippen LogP contribution in [0.2, 0.25) is 0 Å². The lowest BCUT2D eigenvalue weighted by molar-refractivity contribution is -0.191. The van der Waals surface area contributed by atoms with Gasteiger partial charge in [0.2, 0.25) is 0 Å². The van der Waals surface area contributed by atoms with Crippen molar-refractivity contribution in [3.05, 3.63) is 12.2 Å². The van der Waals surface area contributed by atoms with Crippen molar-refractivity contribution in [3.8, 4) is 0 Å². The molecular weight excluding hydrogens is 348 g/mol. The standard InChI is InChI=1S/C25H44O3/c1-11-24(28-21(26)20(22(5,6)7)23(8,9)10)13-12-18-14-19(24)17(4)25(27,15-18)16(2)3/h16,18-20,27H,4,11-15H2,1-3,5-10H3. The van der Waals surface area contributed by atoms with E-state index in [2.05, 4.69) is 68.9 Å². The third-order valence-corrected chi connectivity index (χ3v) is 7.58. The van der Waals surface area contributed by atoms with Crippen molar-refractivity contribution in [1.29, 1.82) is 0 Å². The summed E-state index contributed by atoms with van der Waals surface area (Å²) in [5.74, 6) is 0.364. The third kappa shape index (κ3) is 4.06. The van der Waals surface area contributed by atoms with Crippen LogP contribution in [0.25, 0.3) is 0 Å². The van der Waals surface area contributed by atoms with Gasteiger partial charge >= 0.3 is 5.97 Å². The smallest absolute Gasteiger partial charge is 0.310 e. The highest BCUT2D eigenvalue weighted by Gasteiger charge is 2.56. The van der Waals surface area contributed by atoms with E-state index < -0.39 is 11.2 Å². The van der Waals surface area contributed by atoms with Gasteiger partial charge in [-0.05, 0) is 60.3 Å². The quantitative estimate of drug-likeness (QED) is 0.461. The maximum absolute atomic E-state index is 13.5. The van der Waals surface area contributed by atoms with Crippen LogP contribution in [-0.4, -0.2) is 22.3 Å². The van der Waals surface area contributed by atoms with Crippen LogP contribution in [0.4, 0.5) is 0 Å². The zero-order chi connectivity index (χ0) is 21.7. The minimum absolute atomic E-state index is 0.0435. The number of carbonyl (C=O) groups excluding carboxylic acids is 1. The fourth-order valence-electron chi connectivity index (χ4n) is 6.30. The molecule has 2 bridgehead atoms. The van der Waals surface area contributed by atoms with Crippen molar-refractivity contribution in [3.63, 3.8) is 0 Å². The van der Waals surface area contributed by atoms with E-state index in [1.165, 1.54) is 0 Å². The molecule has 4 atom stereocenters. The summed E-state index contributed by atoms with van der Waals surface area (Å²) < 4.78 is 6.46. The van der Waals surface area contributed by atoms with E-state index in [0.29, 0.717) is 5.92 Å². The SMILES string of the molecule is C=C1C2CC(CCC2(CC)OC(=O)C(C(C)(C)C)C(C)(C)C)CC1(O)C(C)C. The van der Waals surface area contributed by atoms with Crippen LogP contribution in [0.1, 0.15) is 94.4 Å². The summed E-state index contributed by atoms with van der Waals surface area (Å²) in [6.45, 7) is 23.4. The van der Waals surface area contributed by atoms with Crippen LogP contribution < -0.4 is 0 Å². The lowest BCUT2D eigenvalue weighted by Gasteiger charge is -2.56. The van der Waals surface area contributed by atoms with E-state index in [1.807, 2.05) is 0 Å². The topological polar surface area (TPSA) is 46.5 Å². The minimum atomic E-state index is -0.853. The normalized spacial score (nSPS) is 34.1. The van der Waals surface area contributed by atoms with Crippen LogP contribution in [0.15, 0.2) is 12.2 Å². The first kappa shape index (κ1) is 23.4. The van der Waals surface area contributed by atoms with Gasteiger partial charge in [-0.2, -0.15) is 0 Å². The maximum Gasteiger partial charge on any atom is 0.310 e. The number of rotatable bonds is 4. The van der Waals surface area contributed by atoms with Gasteiger partial charge in [-0.15, -0.1) is 0 Å². The van der Waals surface area contributed by atoms with Crippen LogP contribution >= 0.6 is 0 Å². The molecule has 3 nitrogen and oxygen atoms in total. The number of hydrogen-bond donors (Lipinski definition) is 1. The molecule has 4 unspecified atom stereocenters. The van der Waals surface area contributed by atoms with Gasteiger partial charge in [0.1, 0.15) is 5.60 Å². The molecule has 2 aliphatic carbocycles. The second kappa shape index (κ2) is 7.45. The number of esters is 1. The third-order valence-electron chi connectivity index (χ3n) is 7.58. The monoisotopic (exact) mass is 392 g/mol. The zero-order valence-electron chi connectivity index (χ0n) is 19.8. The highest BCUT2D eigenvalue weighted by molar-refractivity contribution is 5.75. The van der Waals surface area contributed by atoms with E-state index in [0.717, 1.165) is 37.7 Å². The molecule has 0 heterocycles. The van der Waals surface area contributed by atoms with Gasteiger partial charge in [-0.25, -0.2) is 0 Å². The Bertz CT molecular complexity index is 592. The molecule has 1 N–H and O–H groups in total. The van der Waals surface area contributed by atoms with E-state index in [1.54, 1.807) is 0 Å². The van der Waals surface area contributed by atoms with E-state index in [-0.39, 0.29) is 34.6 Å². The highest BCUT2D eigenvalue weighted by Crippen LogP contribution is 2.56. The average molecular weight is 393 g/mol. The Kier molecular flexibility index (Phi) is 6.24. The maximum atomic E-state index is 13.5. The van der Waals surface area contributed by atoms with Crippen LogP contribution in [-0.2, 0) is 9.53 Å². The van der Waals surface area contributed by atoms with Crippen molar-refractivity contribution < 1.29 is 14.6 Å². The first-order chi connectivity index (χ1) is 12.6. The number of aliphatic hydroxyl groups is 1. The average Bonchev–Trinajstić information content (AvgIpc) is 2.51. The van der Waals surface area contributed by atoms with Gasteiger partial charge < -0.3 is 9.84 Å². The summed E-state index contributed by atoms with van der Waals surface area (Å²) in [7, 11) is 0. The van der Waals surface area contributed by atoms with Crippen molar-refractivity contribution in [2.24, 2.45) is 34.5 Å². The van der Waals surface area contributed by atoms with E-state index >= 15 is 0 Å². The van der Waals surface area contributed by atoms with Crippen molar-refractivity contribution >= 4 is 5.97 Å². The fraction of sp³-hybridized carbons (Fsp3) is 0.880. The molecule has 0 radical (unpaired) electrons. The number of ether oxygens (including phenoxy) is 1. The lowest BCUT2D eigenvalue weighted by Crippen LogP contribution is -2.57. The summed E-state index contributed by atoms with van der Waals surface area (Å²) in [6.07, 6.45) is 4.42. The van der Waals surface area contributed by atoms with Crippen molar-refractivity contribution in [1.82, 2.24) is 0 Å². The summed E-state index contributed by atoms with van der Waals surface area (Å²) >= 11 is 0. The van der Waals surface area contributed by atoms with E-state index in [4.69, 9.17) is 4.74 Å². The van der Waals surface area contributed by atoms with Gasteiger partial charge in [0.25, 0.3) is 0 Å². The molecular formula is C25H44O3. The van der Waals surface area contributed by atoms with Gasteiger partial charge in [0, 0.05) is 5.92 Å². The Morgan fingerprint density at radius 3 is 2.18 bits per heavy atom. The largest absolute Gasteiger partial charge is 0.458 e. The van der Waals surface area contributed by atoms with Crippen molar-refractivity contribution in [2.45, 2.75) is 106 Å². The molecule has 0 aromatic heterocycles. The fourth-order valence-corrected chi connectivity index (χ4v) is 6.30. The van der Waals surface area contributed by atoms with Crippen molar-refractivity contribution in [2.75, 3.05) is 0 Å². The molecule has 3 heteroatoms. The predicted octanol–water partition coefficient (Wildman–Crippen LogP) is 6.15. The minimum Gasteiger partial charge on any atom is -0.458 e. The Balaban J connectivity index is 2.39. The lowest BCUT2D eigenvalue weighted by atomic mass is 9.55. The molecule has 0 spiro atoms. The molecule has 28 heavy (non-hydrogen) atoms. The Labute approximate surface area is 173 Å². The molecule has 2 saturated carbocycles. The first-order valence-electron chi connectivity index (χ1n) is 11.2. The van der Waals surface area contributed by atoms with E-state index in [9.17, 15) is 9.90 Å². The molecule has 2 fully saturated rings. The molecule has 0 saturated heterocycles. The van der Waals surface area contributed by atoms with Gasteiger partial charge in [-0.1, -0.05) is 68.9 Å².